The molecular formula is C25H30N6O4. The fourth-order valence-electron chi connectivity index (χ4n) is 3.91. The maximum atomic E-state index is 12.2. The van der Waals surface area contributed by atoms with Crippen molar-refractivity contribution in [1.29, 1.82) is 0 Å². The van der Waals surface area contributed by atoms with Crippen LogP contribution in [-0.2, 0) is 16.3 Å². The number of rotatable bonds is 8. The Balaban J connectivity index is 1.42. The minimum atomic E-state index is -0.605. The number of benzene rings is 2. The number of nitrogens with zero attached hydrogens (tertiary/aromatic N) is 6. The largest absolute Gasteiger partial charge is 0.497 e. The number of likely N-dealkylation sites (N-methyl/N-ethyl adjacent to an activating group) is 1. The predicted molar refractivity (Wildman–Crippen MR) is 133 cm³/mol. The summed E-state index contributed by atoms with van der Waals surface area (Å²) in [6, 6.07) is 14.9. The number of azo groups is 1. The van der Waals surface area contributed by atoms with Crippen LogP contribution < -0.4 is 4.74 Å². The zero-order valence-electron chi connectivity index (χ0n) is 20.2. The molecule has 10 heteroatoms. The standard InChI is InChI=1S/C25H30N6O4/c1-18(19-8-10-20(34-3)11-9-19)28-35-16-23(32)26-27-24-21-6-4-5-7-22(21)31(25(24)33)17-30-14-12-29(2)13-15-30/h4-11,33H,12-17H2,1-3H3/b27-26?,28-18-. The Labute approximate surface area is 204 Å². The van der Waals surface area contributed by atoms with Crippen LogP contribution in [0.2, 0.25) is 0 Å². The van der Waals surface area contributed by atoms with E-state index in [-0.39, 0.29) is 18.2 Å². The fraction of sp³-hybridized carbons (Fsp3) is 0.360. The molecule has 1 aliphatic rings. The van der Waals surface area contributed by atoms with Gasteiger partial charge in [0, 0.05) is 31.6 Å². The molecule has 1 aliphatic heterocycles. The molecular weight excluding hydrogens is 448 g/mol. The van der Waals surface area contributed by atoms with Gasteiger partial charge in [0.2, 0.25) is 5.88 Å². The molecule has 0 bridgehead atoms. The summed E-state index contributed by atoms with van der Waals surface area (Å²) in [6.07, 6.45) is 0. The fourth-order valence-corrected chi connectivity index (χ4v) is 3.91. The minimum absolute atomic E-state index is 0.0176. The summed E-state index contributed by atoms with van der Waals surface area (Å²) in [5, 5.41) is 23.4. The van der Waals surface area contributed by atoms with Crippen LogP contribution in [0.15, 0.2) is 63.9 Å². The van der Waals surface area contributed by atoms with Gasteiger partial charge in [-0.25, -0.2) is 0 Å². The topological polar surface area (TPSA) is 104 Å². The Morgan fingerprint density at radius 2 is 1.77 bits per heavy atom. The maximum Gasteiger partial charge on any atom is 0.304 e. The number of oxime groups is 1. The zero-order chi connectivity index (χ0) is 24.8. The van der Waals surface area contributed by atoms with Crippen molar-refractivity contribution in [3.63, 3.8) is 0 Å². The van der Waals surface area contributed by atoms with Crippen LogP contribution >= 0.6 is 0 Å². The molecule has 4 rings (SSSR count). The van der Waals surface area contributed by atoms with Crippen molar-refractivity contribution in [3.05, 3.63) is 54.1 Å². The van der Waals surface area contributed by atoms with Crippen LogP contribution in [0.4, 0.5) is 5.69 Å². The Morgan fingerprint density at radius 1 is 1.06 bits per heavy atom. The Kier molecular flexibility index (Phi) is 7.74. The molecule has 1 aromatic heterocycles. The SMILES string of the molecule is COc1ccc(/C(C)=N\OCC(=O)N=Nc2c(O)n(CN3CCN(C)CC3)c3ccccc23)cc1. The van der Waals surface area contributed by atoms with Crippen LogP contribution in [-0.4, -0.2) is 78.0 Å². The average Bonchev–Trinajstić information content (AvgIpc) is 3.14. The van der Waals surface area contributed by atoms with Crippen molar-refractivity contribution in [2.24, 2.45) is 15.4 Å². The van der Waals surface area contributed by atoms with Gasteiger partial charge in [-0.3, -0.25) is 14.3 Å². The highest BCUT2D eigenvalue weighted by Gasteiger charge is 2.20. The third-order valence-corrected chi connectivity index (χ3v) is 6.01. The number of aromatic nitrogens is 1. The summed E-state index contributed by atoms with van der Waals surface area (Å²) >= 11 is 0. The van der Waals surface area contributed by atoms with Crippen molar-refractivity contribution in [2.75, 3.05) is 46.9 Å². The van der Waals surface area contributed by atoms with Crippen LogP contribution in [0.3, 0.4) is 0 Å². The molecule has 0 saturated carbocycles. The summed E-state index contributed by atoms with van der Waals surface area (Å²) in [5.74, 6) is 0.119. The van der Waals surface area contributed by atoms with E-state index >= 15 is 0 Å². The van der Waals surface area contributed by atoms with Gasteiger partial charge < -0.3 is 19.6 Å². The van der Waals surface area contributed by atoms with Gasteiger partial charge in [0.25, 0.3) is 0 Å². The Bertz CT molecular complexity index is 1230. The molecule has 1 N–H and O–H groups in total. The molecule has 1 amide bonds. The second-order valence-electron chi connectivity index (χ2n) is 8.45. The monoisotopic (exact) mass is 478 g/mol. The van der Waals surface area contributed by atoms with Crippen LogP contribution in [0, 0.1) is 0 Å². The van der Waals surface area contributed by atoms with Crippen LogP contribution in [0.5, 0.6) is 11.6 Å². The highest BCUT2D eigenvalue weighted by atomic mass is 16.6. The molecule has 0 radical (unpaired) electrons. The predicted octanol–water partition coefficient (Wildman–Crippen LogP) is 3.61. The quantitative estimate of drug-likeness (QED) is 0.301. The third kappa shape index (κ3) is 5.84. The number of hydrogen-bond acceptors (Lipinski definition) is 8. The first-order valence-electron chi connectivity index (χ1n) is 11.4. The number of carbonyl (C=O) groups excluding carboxylic acids is 1. The highest BCUT2D eigenvalue weighted by Crippen LogP contribution is 2.39. The molecule has 2 heterocycles. The van der Waals surface area contributed by atoms with Crippen molar-refractivity contribution < 1.29 is 19.5 Å². The Hall–Kier alpha value is -3.76. The van der Waals surface area contributed by atoms with E-state index in [4.69, 9.17) is 9.57 Å². The molecule has 1 saturated heterocycles. The molecule has 0 spiro atoms. The minimum Gasteiger partial charge on any atom is -0.497 e. The van der Waals surface area contributed by atoms with E-state index in [9.17, 15) is 9.90 Å². The third-order valence-electron chi connectivity index (χ3n) is 6.01. The molecule has 0 atom stereocenters. The van der Waals surface area contributed by atoms with Gasteiger partial charge in [0.05, 0.1) is 25.0 Å². The summed E-state index contributed by atoms with van der Waals surface area (Å²) in [4.78, 5) is 22.0. The summed E-state index contributed by atoms with van der Waals surface area (Å²) in [7, 11) is 3.70. The van der Waals surface area contributed by atoms with Gasteiger partial charge in [-0.1, -0.05) is 23.4 Å². The average molecular weight is 479 g/mol. The van der Waals surface area contributed by atoms with E-state index in [2.05, 4.69) is 32.2 Å². The molecule has 184 valence electrons. The van der Waals surface area contributed by atoms with Crippen molar-refractivity contribution in [3.8, 4) is 11.6 Å². The molecule has 0 aliphatic carbocycles. The van der Waals surface area contributed by atoms with Crippen LogP contribution in [0.1, 0.15) is 12.5 Å². The van der Waals surface area contributed by atoms with Gasteiger partial charge in [-0.15, -0.1) is 10.2 Å². The van der Waals surface area contributed by atoms with Crippen molar-refractivity contribution in [1.82, 2.24) is 14.4 Å². The number of methoxy groups -OCH3 is 1. The van der Waals surface area contributed by atoms with E-state index in [1.165, 1.54) is 0 Å². The van der Waals surface area contributed by atoms with Gasteiger partial charge in [-0.05, 0) is 49.9 Å². The molecule has 1 fully saturated rings. The number of piperazine rings is 1. The molecule has 0 unspecified atom stereocenters. The van der Waals surface area contributed by atoms with E-state index < -0.39 is 5.91 Å². The number of hydrogen-bond donors (Lipinski definition) is 1. The van der Waals surface area contributed by atoms with Gasteiger partial charge in [0.1, 0.15) is 5.75 Å². The Morgan fingerprint density at radius 3 is 2.49 bits per heavy atom. The first kappa shape index (κ1) is 24.4. The number of para-hydroxylation sites is 1. The number of amides is 1. The normalized spacial score (nSPS) is 15.7. The van der Waals surface area contributed by atoms with Gasteiger partial charge in [0.15, 0.2) is 12.3 Å². The molecule has 2 aromatic carbocycles. The van der Waals surface area contributed by atoms with Crippen LogP contribution in [0.25, 0.3) is 10.9 Å². The second-order valence-corrected chi connectivity index (χ2v) is 8.45. The smallest absolute Gasteiger partial charge is 0.304 e. The first-order valence-corrected chi connectivity index (χ1v) is 11.4. The molecule has 3 aromatic rings. The number of carbonyl (C=O) groups is 1. The number of aromatic hydroxyl groups is 1. The van der Waals surface area contributed by atoms with E-state index in [0.717, 1.165) is 48.4 Å². The lowest BCUT2D eigenvalue weighted by atomic mass is 10.1. The van der Waals surface area contributed by atoms with Crippen molar-refractivity contribution >= 4 is 28.2 Å². The van der Waals surface area contributed by atoms with Gasteiger partial charge in [-0.2, -0.15) is 0 Å². The van der Waals surface area contributed by atoms with E-state index in [0.29, 0.717) is 12.4 Å². The lowest BCUT2D eigenvalue weighted by molar-refractivity contribution is -0.122. The number of ether oxygens (including phenoxy) is 1. The zero-order valence-corrected chi connectivity index (χ0v) is 20.2. The number of fused-ring (bicyclic) bond motifs is 1. The summed E-state index contributed by atoms with van der Waals surface area (Å²) in [6.45, 7) is 5.71. The highest BCUT2D eigenvalue weighted by molar-refractivity contribution is 5.98. The maximum absolute atomic E-state index is 12.2. The van der Waals surface area contributed by atoms with E-state index in [1.54, 1.807) is 18.6 Å². The second kappa shape index (κ2) is 11.1. The molecule has 35 heavy (non-hydrogen) atoms. The molecule has 10 nitrogen and oxygen atoms in total. The van der Waals surface area contributed by atoms with Gasteiger partial charge >= 0.3 is 5.91 Å². The summed E-state index contributed by atoms with van der Waals surface area (Å²) in [5.41, 5.74) is 2.56. The lowest BCUT2D eigenvalue weighted by Crippen LogP contribution is -2.44. The van der Waals surface area contributed by atoms with E-state index in [1.807, 2.05) is 48.5 Å². The summed E-state index contributed by atoms with van der Waals surface area (Å²) < 4.78 is 6.95. The van der Waals surface area contributed by atoms with Crippen molar-refractivity contribution in [2.45, 2.75) is 13.6 Å². The first-order chi connectivity index (χ1) is 17.0. The lowest BCUT2D eigenvalue weighted by Gasteiger charge is -2.32.